The van der Waals surface area contributed by atoms with Crippen LogP contribution in [-0.2, 0) is 13.2 Å². The Kier molecular flexibility index (Phi) is 3.99. The summed E-state index contributed by atoms with van der Waals surface area (Å²) in [5.74, 6) is 0. The van der Waals surface area contributed by atoms with Crippen LogP contribution in [0.2, 0.25) is 0 Å². The zero-order valence-corrected chi connectivity index (χ0v) is 10.3. The van der Waals surface area contributed by atoms with Gasteiger partial charge in [0.15, 0.2) is 0 Å². The summed E-state index contributed by atoms with van der Waals surface area (Å²) in [7, 11) is 2.13. The van der Waals surface area contributed by atoms with E-state index in [0.29, 0.717) is 0 Å². The van der Waals surface area contributed by atoms with Crippen molar-refractivity contribution >= 4 is 5.69 Å². The van der Waals surface area contributed by atoms with Gasteiger partial charge in [0.25, 0.3) is 0 Å². The van der Waals surface area contributed by atoms with E-state index in [1.54, 1.807) is 0 Å². The van der Waals surface area contributed by atoms with Gasteiger partial charge in [0, 0.05) is 31.9 Å². The Bertz CT molecular complexity index is 374. The maximum Gasteiger partial charge on any atom is 0.0686 e. The van der Waals surface area contributed by atoms with E-state index in [9.17, 15) is 5.11 Å². The van der Waals surface area contributed by atoms with Gasteiger partial charge in [-0.15, -0.1) is 0 Å². The normalized spacial score (nSPS) is 17.5. The van der Waals surface area contributed by atoms with Gasteiger partial charge in [0.1, 0.15) is 0 Å². The molecule has 0 unspecified atom stereocenters. The van der Waals surface area contributed by atoms with Gasteiger partial charge in [0.2, 0.25) is 0 Å². The molecule has 94 valence electrons. The molecular formula is C13H20N2O2. The standard InChI is InChI=1S/C13H20N2O2/c1-14-4-6-15(7-5-14)13-3-2-11(9-16)12(8-13)10-17/h2-3,8,16-17H,4-7,9-10H2,1H3. The van der Waals surface area contributed by atoms with Gasteiger partial charge in [-0.2, -0.15) is 0 Å². The quantitative estimate of drug-likeness (QED) is 0.798. The van der Waals surface area contributed by atoms with Crippen LogP contribution < -0.4 is 4.90 Å². The fourth-order valence-electron chi connectivity index (χ4n) is 2.18. The molecule has 0 atom stereocenters. The van der Waals surface area contributed by atoms with E-state index in [1.165, 1.54) is 0 Å². The van der Waals surface area contributed by atoms with Crippen LogP contribution in [0, 0.1) is 0 Å². The second kappa shape index (κ2) is 5.49. The third-order valence-corrected chi connectivity index (χ3v) is 3.40. The highest BCUT2D eigenvalue weighted by Gasteiger charge is 2.15. The van der Waals surface area contributed by atoms with E-state index in [2.05, 4.69) is 16.8 Å². The Balaban J connectivity index is 2.16. The summed E-state index contributed by atoms with van der Waals surface area (Å²) in [6.07, 6.45) is 0. The summed E-state index contributed by atoms with van der Waals surface area (Å²) in [6.45, 7) is 4.13. The lowest BCUT2D eigenvalue weighted by Gasteiger charge is -2.34. The fraction of sp³-hybridized carbons (Fsp3) is 0.538. The molecule has 0 radical (unpaired) electrons. The lowest BCUT2D eigenvalue weighted by atomic mass is 10.1. The Hall–Kier alpha value is -1.10. The van der Waals surface area contributed by atoms with Crippen molar-refractivity contribution in [3.63, 3.8) is 0 Å². The van der Waals surface area contributed by atoms with Gasteiger partial charge in [-0.3, -0.25) is 0 Å². The molecule has 17 heavy (non-hydrogen) atoms. The van der Waals surface area contributed by atoms with E-state index >= 15 is 0 Å². The van der Waals surface area contributed by atoms with E-state index in [1.807, 2.05) is 18.2 Å². The number of benzene rings is 1. The van der Waals surface area contributed by atoms with Gasteiger partial charge in [-0.05, 0) is 30.3 Å². The van der Waals surface area contributed by atoms with Crippen molar-refractivity contribution in [2.75, 3.05) is 38.1 Å². The highest BCUT2D eigenvalue weighted by Crippen LogP contribution is 2.21. The number of piperazine rings is 1. The Morgan fingerprint density at radius 1 is 1.00 bits per heavy atom. The highest BCUT2D eigenvalue weighted by molar-refractivity contribution is 5.51. The monoisotopic (exact) mass is 236 g/mol. The molecule has 0 aromatic heterocycles. The van der Waals surface area contributed by atoms with E-state index < -0.39 is 0 Å². The SMILES string of the molecule is CN1CCN(c2ccc(CO)c(CO)c2)CC1. The van der Waals surface area contributed by atoms with Gasteiger partial charge < -0.3 is 20.0 Å². The minimum absolute atomic E-state index is 0.0150. The third kappa shape index (κ3) is 2.77. The molecule has 1 aliphatic rings. The zero-order valence-electron chi connectivity index (χ0n) is 10.3. The van der Waals surface area contributed by atoms with Crippen molar-refractivity contribution in [2.45, 2.75) is 13.2 Å². The number of rotatable bonds is 3. The van der Waals surface area contributed by atoms with Crippen molar-refractivity contribution in [1.82, 2.24) is 4.90 Å². The Morgan fingerprint density at radius 2 is 1.65 bits per heavy atom. The molecule has 2 N–H and O–H groups in total. The topological polar surface area (TPSA) is 46.9 Å². The first-order chi connectivity index (χ1) is 8.24. The van der Waals surface area contributed by atoms with Crippen LogP contribution in [0.4, 0.5) is 5.69 Å². The maximum atomic E-state index is 9.28. The lowest BCUT2D eigenvalue weighted by Crippen LogP contribution is -2.44. The molecular weight excluding hydrogens is 216 g/mol. The van der Waals surface area contributed by atoms with Crippen molar-refractivity contribution in [1.29, 1.82) is 0 Å². The van der Waals surface area contributed by atoms with Crippen LogP contribution >= 0.6 is 0 Å². The predicted octanol–water partition coefficient (Wildman–Crippen LogP) is 0.423. The van der Waals surface area contributed by atoms with Gasteiger partial charge in [-0.25, -0.2) is 0 Å². The number of nitrogens with zero attached hydrogens (tertiary/aromatic N) is 2. The van der Waals surface area contributed by atoms with Crippen molar-refractivity contribution < 1.29 is 10.2 Å². The number of hydrogen-bond donors (Lipinski definition) is 2. The van der Waals surface area contributed by atoms with Crippen molar-refractivity contribution in [3.05, 3.63) is 29.3 Å². The molecule has 1 heterocycles. The number of likely N-dealkylation sites (N-methyl/N-ethyl adjacent to an activating group) is 1. The average molecular weight is 236 g/mol. The molecule has 0 spiro atoms. The molecule has 0 saturated carbocycles. The highest BCUT2D eigenvalue weighted by atomic mass is 16.3. The molecule has 4 nitrogen and oxygen atoms in total. The minimum atomic E-state index is -0.0164. The van der Waals surface area contributed by atoms with Crippen LogP contribution in [0.15, 0.2) is 18.2 Å². The first-order valence-corrected chi connectivity index (χ1v) is 6.01. The molecule has 1 aromatic carbocycles. The predicted molar refractivity (Wildman–Crippen MR) is 68.0 cm³/mol. The van der Waals surface area contributed by atoms with Crippen molar-refractivity contribution in [3.8, 4) is 0 Å². The number of hydrogen-bond acceptors (Lipinski definition) is 4. The van der Waals surface area contributed by atoms with Crippen LogP contribution in [0.5, 0.6) is 0 Å². The number of anilines is 1. The number of aliphatic hydroxyl groups excluding tert-OH is 2. The molecule has 4 heteroatoms. The molecule has 0 bridgehead atoms. The summed E-state index contributed by atoms with van der Waals surface area (Å²) in [5.41, 5.74) is 2.77. The molecule has 1 saturated heterocycles. The number of aliphatic hydroxyl groups is 2. The first kappa shape index (κ1) is 12.4. The smallest absolute Gasteiger partial charge is 0.0686 e. The van der Waals surface area contributed by atoms with E-state index in [-0.39, 0.29) is 13.2 Å². The summed E-state index contributed by atoms with van der Waals surface area (Å²) >= 11 is 0. The maximum absolute atomic E-state index is 9.28. The second-order valence-corrected chi connectivity index (χ2v) is 4.56. The summed E-state index contributed by atoms with van der Waals surface area (Å²) in [6, 6.07) is 5.91. The van der Waals surface area contributed by atoms with Crippen LogP contribution in [0.25, 0.3) is 0 Å². The second-order valence-electron chi connectivity index (χ2n) is 4.56. The van der Waals surface area contributed by atoms with Crippen LogP contribution in [-0.4, -0.2) is 48.3 Å². The summed E-state index contributed by atoms with van der Waals surface area (Å²) in [5, 5.41) is 18.4. The zero-order chi connectivity index (χ0) is 12.3. The van der Waals surface area contributed by atoms with E-state index in [0.717, 1.165) is 43.0 Å². The van der Waals surface area contributed by atoms with Gasteiger partial charge in [-0.1, -0.05) is 6.07 Å². The largest absolute Gasteiger partial charge is 0.392 e. The summed E-state index contributed by atoms with van der Waals surface area (Å²) in [4.78, 5) is 4.63. The Labute approximate surface area is 102 Å². The molecule has 1 aromatic rings. The van der Waals surface area contributed by atoms with Gasteiger partial charge >= 0.3 is 0 Å². The summed E-state index contributed by atoms with van der Waals surface area (Å²) < 4.78 is 0. The molecule has 2 rings (SSSR count). The van der Waals surface area contributed by atoms with E-state index in [4.69, 9.17) is 5.11 Å². The molecule has 1 fully saturated rings. The molecule has 0 amide bonds. The van der Waals surface area contributed by atoms with Crippen LogP contribution in [0.3, 0.4) is 0 Å². The molecule has 1 aliphatic heterocycles. The fourth-order valence-corrected chi connectivity index (χ4v) is 2.18. The Morgan fingerprint density at radius 3 is 2.24 bits per heavy atom. The van der Waals surface area contributed by atoms with Gasteiger partial charge in [0.05, 0.1) is 13.2 Å². The average Bonchev–Trinajstić information content (AvgIpc) is 2.39. The molecule has 0 aliphatic carbocycles. The third-order valence-electron chi connectivity index (χ3n) is 3.40. The minimum Gasteiger partial charge on any atom is -0.392 e. The lowest BCUT2D eigenvalue weighted by molar-refractivity contribution is 0.260. The van der Waals surface area contributed by atoms with Crippen LogP contribution in [0.1, 0.15) is 11.1 Å². The van der Waals surface area contributed by atoms with Crippen molar-refractivity contribution in [2.24, 2.45) is 0 Å². The first-order valence-electron chi connectivity index (χ1n) is 6.01.